The highest BCUT2D eigenvalue weighted by Crippen LogP contribution is 2.57. The summed E-state index contributed by atoms with van der Waals surface area (Å²) in [4.78, 5) is 71.3. The van der Waals surface area contributed by atoms with Crippen molar-refractivity contribution in [3.8, 4) is 0 Å². The van der Waals surface area contributed by atoms with E-state index in [0.29, 0.717) is 38.0 Å². The first-order valence-electron chi connectivity index (χ1n) is 14.6. The third kappa shape index (κ3) is 7.74. The number of amides is 5. The summed E-state index contributed by atoms with van der Waals surface area (Å²) in [5, 5.41) is 6.26. The Balaban J connectivity index is 0.00000248. The Bertz CT molecular complexity index is 1280. The first-order valence-corrected chi connectivity index (χ1v) is 14.6. The predicted molar refractivity (Wildman–Crippen MR) is 164 cm³/mol. The average molecular weight is 591 g/mol. The van der Waals surface area contributed by atoms with Crippen LogP contribution < -0.4 is 20.4 Å². The third-order valence-electron chi connectivity index (χ3n) is 9.06. The molecule has 3 saturated carbocycles. The zero-order chi connectivity index (χ0) is 31.6. The highest BCUT2D eigenvalue weighted by atomic mass is 16.2. The molecule has 2 aromatic rings. The number of imide groups is 1. The second kappa shape index (κ2) is 14.7. The van der Waals surface area contributed by atoms with Gasteiger partial charge in [-0.3, -0.25) is 28.9 Å². The predicted octanol–water partition coefficient (Wildman–Crippen LogP) is 3.35. The van der Waals surface area contributed by atoms with Gasteiger partial charge in [0.1, 0.15) is 6.79 Å². The zero-order valence-electron chi connectivity index (χ0n) is 25.3. The summed E-state index contributed by atoms with van der Waals surface area (Å²) in [6.45, 7) is 5.92. The van der Waals surface area contributed by atoms with Crippen LogP contribution in [0.5, 0.6) is 0 Å². The molecule has 10 nitrogen and oxygen atoms in total. The number of benzene rings is 2. The van der Waals surface area contributed by atoms with Gasteiger partial charge < -0.3 is 20.3 Å². The highest BCUT2D eigenvalue weighted by Gasteiger charge is 2.55. The smallest absolute Gasteiger partial charge is 0.230 e. The Morgan fingerprint density at radius 3 is 1.40 bits per heavy atom. The monoisotopic (exact) mass is 590 g/mol. The number of hydrogen-bond donors (Lipinski definition) is 2. The summed E-state index contributed by atoms with van der Waals surface area (Å²) in [7, 11) is 1.74. The number of carbonyl (C=O) groups excluding carboxylic acids is 6. The maximum atomic E-state index is 13.2. The minimum absolute atomic E-state index is 0.0200. The normalized spacial score (nSPS) is 20.2. The van der Waals surface area contributed by atoms with Crippen LogP contribution in [0.1, 0.15) is 63.5 Å². The molecule has 0 aromatic heterocycles. The lowest BCUT2D eigenvalue weighted by atomic mass is 9.53. The fourth-order valence-electron chi connectivity index (χ4n) is 6.09. The molecular weight excluding hydrogens is 548 g/mol. The first-order chi connectivity index (χ1) is 20.6. The van der Waals surface area contributed by atoms with Crippen LogP contribution in [0.4, 0.5) is 11.4 Å². The van der Waals surface area contributed by atoms with Gasteiger partial charge in [-0.2, -0.15) is 0 Å². The topological polar surface area (TPSA) is 133 Å². The second-order valence-corrected chi connectivity index (χ2v) is 11.5. The van der Waals surface area contributed by atoms with E-state index in [1.165, 1.54) is 13.8 Å². The van der Waals surface area contributed by atoms with E-state index in [1.807, 2.05) is 43.2 Å². The zero-order valence-corrected chi connectivity index (χ0v) is 25.3. The van der Waals surface area contributed by atoms with Crippen LogP contribution in [0.3, 0.4) is 0 Å². The molecule has 0 saturated heterocycles. The van der Waals surface area contributed by atoms with Crippen LogP contribution in [0.25, 0.3) is 0 Å². The molecule has 0 unspecified atom stereocenters. The maximum Gasteiger partial charge on any atom is 0.230 e. The van der Waals surface area contributed by atoms with Gasteiger partial charge in [0.25, 0.3) is 0 Å². The summed E-state index contributed by atoms with van der Waals surface area (Å²) in [6.07, 6.45) is 6.20. The average Bonchev–Trinajstić information content (AvgIpc) is 3.03. The van der Waals surface area contributed by atoms with Crippen LogP contribution in [-0.4, -0.2) is 57.0 Å². The number of fused-ring (bicyclic) bond motifs is 3. The number of nitrogens with zero attached hydrogens (tertiary/aromatic N) is 2. The van der Waals surface area contributed by atoms with E-state index in [-0.39, 0.29) is 29.0 Å². The Labute approximate surface area is 253 Å². The molecule has 0 spiro atoms. The van der Waals surface area contributed by atoms with Crippen molar-refractivity contribution >= 4 is 48.2 Å². The lowest BCUT2D eigenvalue weighted by Crippen LogP contribution is -2.55. The summed E-state index contributed by atoms with van der Waals surface area (Å²) < 4.78 is 0. The molecule has 5 rings (SSSR count). The van der Waals surface area contributed by atoms with E-state index in [1.54, 1.807) is 24.1 Å². The second-order valence-electron chi connectivity index (χ2n) is 11.5. The largest absolute Gasteiger partial charge is 0.355 e. The molecule has 230 valence electrons. The van der Waals surface area contributed by atoms with Crippen LogP contribution in [-0.2, 0) is 41.6 Å². The van der Waals surface area contributed by atoms with E-state index in [0.717, 1.165) is 60.2 Å². The van der Waals surface area contributed by atoms with Crippen molar-refractivity contribution in [3.63, 3.8) is 0 Å². The van der Waals surface area contributed by atoms with Gasteiger partial charge in [-0.25, -0.2) is 0 Å². The van der Waals surface area contributed by atoms with E-state index in [9.17, 15) is 24.0 Å². The van der Waals surface area contributed by atoms with Gasteiger partial charge >= 0.3 is 0 Å². The molecule has 0 radical (unpaired) electrons. The molecule has 2 aromatic carbocycles. The summed E-state index contributed by atoms with van der Waals surface area (Å²) >= 11 is 0. The van der Waals surface area contributed by atoms with E-state index >= 15 is 0 Å². The molecule has 3 aliphatic carbocycles. The van der Waals surface area contributed by atoms with Gasteiger partial charge in [-0.05, 0) is 86.8 Å². The van der Waals surface area contributed by atoms with Gasteiger partial charge in [0.2, 0.25) is 30.0 Å². The molecule has 43 heavy (non-hydrogen) atoms. The summed E-state index contributed by atoms with van der Waals surface area (Å²) in [6, 6.07) is 15.0. The van der Waals surface area contributed by atoms with Crippen LogP contribution >= 0.6 is 0 Å². The van der Waals surface area contributed by atoms with Crippen molar-refractivity contribution in [2.45, 2.75) is 65.2 Å². The van der Waals surface area contributed by atoms with Gasteiger partial charge in [0.05, 0.1) is 5.69 Å². The Morgan fingerprint density at radius 2 is 1.07 bits per heavy atom. The standard InChI is InChI=1S/C32H40N4O5.CH2O/c1-23(38)35(3)27-8-4-25(5-9-27)12-20-33-29(40)31-14-17-32(18-15-31,19-16-31)30(41)34-21-13-26-6-10-28(11-7-26)36(22-37)24(2)39;1-2/h4-11,22H,12-21H2,1-3H3,(H,33,40)(H,34,41);1H2. The first kappa shape index (κ1) is 33.2. The van der Waals surface area contributed by atoms with Crippen molar-refractivity contribution in [3.05, 3.63) is 59.7 Å². The Kier molecular flexibility index (Phi) is 11.3. The number of rotatable bonds is 11. The SMILES string of the molecule is C=O.CC(=O)N(C)c1ccc(CCNC(=O)C23CCC(C(=O)NCCc4ccc(N(C=O)C(C)=O)cc4)(CC2)CC3)cc1. The van der Waals surface area contributed by atoms with Gasteiger partial charge in [0, 0.05) is 50.5 Å². The van der Waals surface area contributed by atoms with Crippen LogP contribution in [0.2, 0.25) is 0 Å². The van der Waals surface area contributed by atoms with Crippen molar-refractivity contribution in [1.82, 2.24) is 10.6 Å². The molecule has 3 aliphatic rings. The fraction of sp³-hybridized carbons (Fsp3) is 0.455. The molecule has 2 N–H and O–H groups in total. The maximum absolute atomic E-state index is 13.2. The fourth-order valence-corrected chi connectivity index (χ4v) is 6.09. The molecular formula is C33H42N4O6. The molecule has 2 bridgehead atoms. The van der Waals surface area contributed by atoms with Gasteiger partial charge in [-0.1, -0.05) is 24.3 Å². The van der Waals surface area contributed by atoms with Crippen LogP contribution in [0.15, 0.2) is 48.5 Å². The molecule has 0 heterocycles. The van der Waals surface area contributed by atoms with E-state index < -0.39 is 5.41 Å². The third-order valence-corrected chi connectivity index (χ3v) is 9.06. The van der Waals surface area contributed by atoms with Crippen LogP contribution in [0, 0.1) is 10.8 Å². The van der Waals surface area contributed by atoms with Gasteiger partial charge in [0.15, 0.2) is 0 Å². The number of carbonyl (C=O) groups is 6. The lowest BCUT2D eigenvalue weighted by Gasteiger charge is -2.51. The molecule has 3 fully saturated rings. The minimum Gasteiger partial charge on any atom is -0.355 e. The Morgan fingerprint density at radius 1 is 0.698 bits per heavy atom. The van der Waals surface area contributed by atoms with Crippen molar-refractivity contribution < 1.29 is 28.8 Å². The molecule has 10 heteroatoms. The summed E-state index contributed by atoms with van der Waals surface area (Å²) in [5.41, 5.74) is 2.68. The van der Waals surface area contributed by atoms with Gasteiger partial charge in [-0.15, -0.1) is 0 Å². The highest BCUT2D eigenvalue weighted by molar-refractivity contribution is 6.05. The Hall–Kier alpha value is -4.34. The number of hydrogen-bond acceptors (Lipinski definition) is 6. The van der Waals surface area contributed by atoms with E-state index in [4.69, 9.17) is 4.79 Å². The molecule has 5 amide bonds. The van der Waals surface area contributed by atoms with Crippen molar-refractivity contribution in [1.29, 1.82) is 0 Å². The molecule has 0 aliphatic heterocycles. The molecule has 0 atom stereocenters. The van der Waals surface area contributed by atoms with E-state index in [2.05, 4.69) is 10.6 Å². The lowest BCUT2D eigenvalue weighted by molar-refractivity contribution is -0.150. The number of nitrogens with one attached hydrogen (secondary N) is 2. The van der Waals surface area contributed by atoms with Crippen molar-refractivity contribution in [2.24, 2.45) is 10.8 Å². The van der Waals surface area contributed by atoms with Crippen molar-refractivity contribution in [2.75, 3.05) is 29.9 Å². The number of anilines is 2. The quantitative estimate of drug-likeness (QED) is 0.386. The minimum atomic E-state index is -0.396. The summed E-state index contributed by atoms with van der Waals surface area (Å²) in [5.74, 6) is -0.193.